The van der Waals surface area contributed by atoms with Gasteiger partial charge in [-0.3, -0.25) is 9.59 Å². The highest BCUT2D eigenvalue weighted by molar-refractivity contribution is 6.00. The lowest BCUT2D eigenvalue weighted by Crippen LogP contribution is -2.24. The smallest absolute Gasteiger partial charge is 0.226 e. The third kappa shape index (κ3) is 4.92. The van der Waals surface area contributed by atoms with Gasteiger partial charge in [-0.15, -0.1) is 0 Å². The van der Waals surface area contributed by atoms with Gasteiger partial charge in [0.2, 0.25) is 11.7 Å². The molecular weight excluding hydrogens is 316 g/mol. The lowest BCUT2D eigenvalue weighted by Gasteiger charge is -2.14. The number of nitrogens with one attached hydrogen (secondary N) is 1. The van der Waals surface area contributed by atoms with E-state index in [1.54, 1.807) is 55.5 Å². The summed E-state index contributed by atoms with van der Waals surface area (Å²) in [6.45, 7) is 5.29. The number of amides is 1. The predicted octanol–water partition coefficient (Wildman–Crippen LogP) is 3.80. The first-order chi connectivity index (χ1) is 11.9. The number of rotatable bonds is 6. The van der Waals surface area contributed by atoms with Crippen molar-refractivity contribution in [2.45, 2.75) is 26.9 Å². The number of nitrogens with zero attached hydrogens (tertiary/aromatic N) is 1. The van der Waals surface area contributed by atoms with Crippen molar-refractivity contribution in [3.05, 3.63) is 59.7 Å². The second-order valence-corrected chi connectivity index (χ2v) is 5.99. The van der Waals surface area contributed by atoms with Gasteiger partial charge in [0.1, 0.15) is 5.75 Å². The van der Waals surface area contributed by atoms with Crippen molar-refractivity contribution in [3.8, 4) is 11.8 Å². The Morgan fingerprint density at radius 1 is 1.08 bits per heavy atom. The SMILES string of the molecule is CC(C)C(=O)Nc1ccc(C(=O)[C@@H](C)Oc2cccc(C#N)c2)cc1. The molecule has 0 aliphatic rings. The molecular formula is C20H20N2O3. The minimum absolute atomic E-state index is 0.0758. The fraction of sp³-hybridized carbons (Fsp3) is 0.250. The van der Waals surface area contributed by atoms with Crippen LogP contribution in [-0.4, -0.2) is 17.8 Å². The van der Waals surface area contributed by atoms with Gasteiger partial charge in [-0.2, -0.15) is 5.26 Å². The second-order valence-electron chi connectivity index (χ2n) is 5.99. The number of ether oxygens (including phenoxy) is 1. The molecule has 0 bridgehead atoms. The molecule has 0 radical (unpaired) electrons. The number of ketones is 1. The van der Waals surface area contributed by atoms with Gasteiger partial charge < -0.3 is 10.1 Å². The van der Waals surface area contributed by atoms with Crippen LogP contribution in [0.5, 0.6) is 5.75 Å². The van der Waals surface area contributed by atoms with E-state index in [0.29, 0.717) is 22.6 Å². The summed E-state index contributed by atoms with van der Waals surface area (Å²) in [6.07, 6.45) is -0.690. The van der Waals surface area contributed by atoms with Crippen LogP contribution in [0.2, 0.25) is 0 Å². The van der Waals surface area contributed by atoms with E-state index >= 15 is 0 Å². The van der Waals surface area contributed by atoms with Gasteiger partial charge in [0.25, 0.3) is 0 Å². The first kappa shape index (κ1) is 18.2. The summed E-state index contributed by atoms with van der Waals surface area (Å²) in [7, 11) is 0. The highest BCUT2D eigenvalue weighted by atomic mass is 16.5. The normalized spacial score (nSPS) is 11.5. The molecule has 1 amide bonds. The minimum atomic E-state index is -0.690. The second kappa shape index (κ2) is 8.11. The summed E-state index contributed by atoms with van der Waals surface area (Å²) < 4.78 is 5.63. The van der Waals surface area contributed by atoms with Crippen LogP contribution in [0, 0.1) is 17.2 Å². The Kier molecular flexibility index (Phi) is 5.91. The molecule has 5 nitrogen and oxygen atoms in total. The fourth-order valence-electron chi connectivity index (χ4n) is 2.14. The summed E-state index contributed by atoms with van der Waals surface area (Å²) in [5, 5.41) is 11.7. The Morgan fingerprint density at radius 3 is 2.36 bits per heavy atom. The van der Waals surface area contributed by atoms with Crippen LogP contribution < -0.4 is 10.1 Å². The van der Waals surface area contributed by atoms with Crippen molar-refractivity contribution in [2.24, 2.45) is 5.92 Å². The molecule has 1 N–H and O–H groups in total. The number of hydrogen-bond donors (Lipinski definition) is 1. The molecule has 2 rings (SSSR count). The highest BCUT2D eigenvalue weighted by Gasteiger charge is 2.17. The van der Waals surface area contributed by atoms with Gasteiger partial charge >= 0.3 is 0 Å². The molecule has 0 saturated carbocycles. The van der Waals surface area contributed by atoms with E-state index in [0.717, 1.165) is 0 Å². The summed E-state index contributed by atoms with van der Waals surface area (Å²) in [5.74, 6) is 0.108. The zero-order chi connectivity index (χ0) is 18.4. The molecule has 1 atom stereocenters. The molecule has 0 heterocycles. The van der Waals surface area contributed by atoms with E-state index in [2.05, 4.69) is 5.32 Å². The Labute approximate surface area is 147 Å². The highest BCUT2D eigenvalue weighted by Crippen LogP contribution is 2.17. The maximum Gasteiger partial charge on any atom is 0.226 e. The molecule has 2 aromatic rings. The number of nitriles is 1. The van der Waals surface area contributed by atoms with Gasteiger partial charge in [0.15, 0.2) is 6.10 Å². The van der Waals surface area contributed by atoms with E-state index in [1.807, 2.05) is 19.9 Å². The molecule has 0 saturated heterocycles. The third-order valence-electron chi connectivity index (χ3n) is 3.61. The van der Waals surface area contributed by atoms with Gasteiger partial charge in [-0.25, -0.2) is 0 Å². The molecule has 0 fully saturated rings. The summed E-state index contributed by atoms with van der Waals surface area (Å²) in [5.41, 5.74) is 1.61. The zero-order valence-electron chi connectivity index (χ0n) is 14.4. The van der Waals surface area contributed by atoms with Crippen molar-refractivity contribution < 1.29 is 14.3 Å². The van der Waals surface area contributed by atoms with Crippen molar-refractivity contribution in [1.29, 1.82) is 5.26 Å². The average molecular weight is 336 g/mol. The topological polar surface area (TPSA) is 79.2 Å². The number of benzene rings is 2. The van der Waals surface area contributed by atoms with Crippen molar-refractivity contribution in [3.63, 3.8) is 0 Å². The predicted molar refractivity (Wildman–Crippen MR) is 95.5 cm³/mol. The molecule has 0 aliphatic carbocycles. The Balaban J connectivity index is 2.04. The average Bonchev–Trinajstić information content (AvgIpc) is 2.61. The van der Waals surface area contributed by atoms with Crippen molar-refractivity contribution >= 4 is 17.4 Å². The van der Waals surface area contributed by atoms with E-state index in [9.17, 15) is 9.59 Å². The molecule has 0 spiro atoms. The van der Waals surface area contributed by atoms with Crippen molar-refractivity contribution in [1.82, 2.24) is 0 Å². The quantitative estimate of drug-likeness (QED) is 0.814. The lowest BCUT2D eigenvalue weighted by atomic mass is 10.1. The van der Waals surface area contributed by atoms with Gasteiger partial charge in [-0.05, 0) is 49.4 Å². The maximum absolute atomic E-state index is 12.5. The standard InChI is InChI=1S/C20H20N2O3/c1-13(2)20(24)22-17-9-7-16(8-10-17)19(23)14(3)25-18-6-4-5-15(11-18)12-21/h4-11,13-14H,1-3H3,(H,22,24)/t14-/m1/s1. The molecule has 128 valence electrons. The van der Waals surface area contributed by atoms with E-state index in [1.165, 1.54) is 0 Å². The molecule has 25 heavy (non-hydrogen) atoms. The number of Topliss-reactive ketones (excluding diaryl/α,β-unsaturated/α-hetero) is 1. The molecule has 0 unspecified atom stereocenters. The van der Waals surface area contributed by atoms with E-state index < -0.39 is 6.10 Å². The van der Waals surface area contributed by atoms with Crippen LogP contribution >= 0.6 is 0 Å². The molecule has 0 aliphatic heterocycles. The van der Waals surface area contributed by atoms with E-state index in [-0.39, 0.29) is 17.6 Å². The van der Waals surface area contributed by atoms with Gasteiger partial charge in [0, 0.05) is 17.2 Å². The van der Waals surface area contributed by atoms with Crippen LogP contribution in [0.15, 0.2) is 48.5 Å². The first-order valence-electron chi connectivity index (χ1n) is 8.02. The van der Waals surface area contributed by atoms with Gasteiger partial charge in [0.05, 0.1) is 11.6 Å². The molecule has 5 heteroatoms. The maximum atomic E-state index is 12.5. The molecule has 0 aromatic heterocycles. The van der Waals surface area contributed by atoms with Crippen LogP contribution in [-0.2, 0) is 4.79 Å². The Morgan fingerprint density at radius 2 is 1.76 bits per heavy atom. The number of anilines is 1. The third-order valence-corrected chi connectivity index (χ3v) is 3.61. The first-order valence-corrected chi connectivity index (χ1v) is 8.02. The fourth-order valence-corrected chi connectivity index (χ4v) is 2.14. The summed E-state index contributed by atoms with van der Waals surface area (Å²) in [4.78, 5) is 24.1. The Hall–Kier alpha value is -3.13. The molecule has 2 aromatic carbocycles. The monoisotopic (exact) mass is 336 g/mol. The van der Waals surface area contributed by atoms with E-state index in [4.69, 9.17) is 10.00 Å². The van der Waals surface area contributed by atoms with Crippen LogP contribution in [0.25, 0.3) is 0 Å². The van der Waals surface area contributed by atoms with Gasteiger partial charge in [-0.1, -0.05) is 19.9 Å². The van der Waals surface area contributed by atoms with Crippen LogP contribution in [0.3, 0.4) is 0 Å². The zero-order valence-corrected chi connectivity index (χ0v) is 14.4. The lowest BCUT2D eigenvalue weighted by molar-refractivity contribution is -0.118. The van der Waals surface area contributed by atoms with Crippen LogP contribution in [0.4, 0.5) is 5.69 Å². The number of carbonyl (C=O) groups excluding carboxylic acids is 2. The number of carbonyl (C=O) groups is 2. The minimum Gasteiger partial charge on any atom is -0.483 e. The summed E-state index contributed by atoms with van der Waals surface area (Å²) >= 11 is 0. The Bertz CT molecular complexity index is 804. The van der Waals surface area contributed by atoms with Crippen molar-refractivity contribution in [2.75, 3.05) is 5.32 Å². The largest absolute Gasteiger partial charge is 0.483 e. The number of hydrogen-bond acceptors (Lipinski definition) is 4. The summed E-state index contributed by atoms with van der Waals surface area (Å²) in [6, 6.07) is 15.4. The van der Waals surface area contributed by atoms with Crippen LogP contribution in [0.1, 0.15) is 36.7 Å².